The molecule has 1 fully saturated rings. The largest absolute Gasteiger partial charge is 0.361 e. The van der Waals surface area contributed by atoms with Crippen molar-refractivity contribution in [2.75, 3.05) is 6.54 Å². The maximum Gasteiger partial charge on any atom is 0.229 e. The Hall–Kier alpha value is -1.69. The van der Waals surface area contributed by atoms with Crippen molar-refractivity contribution in [1.29, 1.82) is 0 Å². The van der Waals surface area contributed by atoms with Crippen molar-refractivity contribution in [2.45, 2.75) is 45.6 Å². The van der Waals surface area contributed by atoms with Gasteiger partial charge in [0.2, 0.25) is 5.91 Å². The van der Waals surface area contributed by atoms with Crippen LogP contribution in [0.4, 0.5) is 0 Å². The van der Waals surface area contributed by atoms with Crippen molar-refractivity contribution >= 4 is 17.2 Å². The quantitative estimate of drug-likeness (QED) is 0.871. The van der Waals surface area contributed by atoms with Crippen LogP contribution < -0.4 is 0 Å². The van der Waals surface area contributed by atoms with E-state index in [0.717, 1.165) is 48.0 Å². The lowest BCUT2D eigenvalue weighted by molar-refractivity contribution is -0.131. The van der Waals surface area contributed by atoms with Gasteiger partial charge >= 0.3 is 0 Å². The molecule has 6 heteroatoms. The minimum Gasteiger partial charge on any atom is -0.361 e. The average molecular weight is 305 g/mol. The molecule has 3 heterocycles. The Balaban J connectivity index is 1.71. The van der Waals surface area contributed by atoms with E-state index in [2.05, 4.69) is 17.1 Å². The van der Waals surface area contributed by atoms with E-state index in [1.165, 1.54) is 0 Å². The summed E-state index contributed by atoms with van der Waals surface area (Å²) in [7, 11) is 0. The fraction of sp³-hybridized carbons (Fsp3) is 0.533. The molecule has 21 heavy (non-hydrogen) atoms. The molecule has 0 aromatic carbocycles. The molecular formula is C15H19N3O2S. The van der Waals surface area contributed by atoms with Gasteiger partial charge in [-0.25, -0.2) is 4.98 Å². The normalized spacial score (nSPS) is 18.4. The summed E-state index contributed by atoms with van der Waals surface area (Å²) in [5.41, 5.74) is 1.75. The van der Waals surface area contributed by atoms with Crippen LogP contribution in [0.15, 0.2) is 16.0 Å². The first-order valence-corrected chi connectivity index (χ1v) is 8.21. The van der Waals surface area contributed by atoms with E-state index in [1.54, 1.807) is 11.3 Å². The monoisotopic (exact) mass is 305 g/mol. The van der Waals surface area contributed by atoms with Gasteiger partial charge in [0.05, 0.1) is 23.2 Å². The van der Waals surface area contributed by atoms with E-state index in [1.807, 2.05) is 23.3 Å². The van der Waals surface area contributed by atoms with Crippen molar-refractivity contribution in [2.24, 2.45) is 0 Å². The number of rotatable bonds is 4. The van der Waals surface area contributed by atoms with Crippen molar-refractivity contribution in [3.8, 4) is 0 Å². The topological polar surface area (TPSA) is 59.2 Å². The van der Waals surface area contributed by atoms with Crippen LogP contribution >= 0.6 is 11.3 Å². The van der Waals surface area contributed by atoms with Crippen LogP contribution in [-0.4, -0.2) is 27.5 Å². The Morgan fingerprint density at radius 3 is 3.10 bits per heavy atom. The zero-order valence-corrected chi connectivity index (χ0v) is 13.2. The Morgan fingerprint density at radius 2 is 2.43 bits per heavy atom. The molecule has 0 spiro atoms. The van der Waals surface area contributed by atoms with Crippen LogP contribution in [0.25, 0.3) is 0 Å². The number of hydrogen-bond acceptors (Lipinski definition) is 5. The maximum atomic E-state index is 12.5. The summed E-state index contributed by atoms with van der Waals surface area (Å²) in [4.78, 5) is 18.9. The van der Waals surface area contributed by atoms with Gasteiger partial charge in [0, 0.05) is 18.0 Å². The molecule has 3 rings (SSSR count). The van der Waals surface area contributed by atoms with Crippen molar-refractivity contribution in [1.82, 2.24) is 15.0 Å². The van der Waals surface area contributed by atoms with E-state index in [9.17, 15) is 4.79 Å². The summed E-state index contributed by atoms with van der Waals surface area (Å²) in [5, 5.41) is 7.15. The van der Waals surface area contributed by atoms with E-state index < -0.39 is 0 Å². The molecule has 0 radical (unpaired) electrons. The average Bonchev–Trinajstić information content (AvgIpc) is 3.17. The van der Waals surface area contributed by atoms with Gasteiger partial charge in [-0.2, -0.15) is 0 Å². The number of aromatic nitrogens is 2. The third kappa shape index (κ3) is 3.00. The SMILES string of the molecule is CCc1nc(CC(=O)N2CCC[C@@H]2c2cc(C)on2)cs1. The summed E-state index contributed by atoms with van der Waals surface area (Å²) in [6.45, 7) is 4.74. The highest BCUT2D eigenvalue weighted by atomic mass is 32.1. The summed E-state index contributed by atoms with van der Waals surface area (Å²) in [6, 6.07) is 1.98. The fourth-order valence-corrected chi connectivity index (χ4v) is 3.51. The van der Waals surface area contributed by atoms with Gasteiger partial charge in [-0.3, -0.25) is 4.79 Å². The van der Waals surface area contributed by atoms with Gasteiger partial charge in [0.15, 0.2) is 0 Å². The summed E-state index contributed by atoms with van der Waals surface area (Å²) in [6.07, 6.45) is 3.27. The van der Waals surface area contributed by atoms with E-state index in [-0.39, 0.29) is 11.9 Å². The predicted molar refractivity (Wildman–Crippen MR) is 80.1 cm³/mol. The van der Waals surface area contributed by atoms with E-state index in [4.69, 9.17) is 4.52 Å². The highest BCUT2D eigenvalue weighted by molar-refractivity contribution is 7.09. The van der Waals surface area contributed by atoms with E-state index in [0.29, 0.717) is 6.42 Å². The Morgan fingerprint density at radius 1 is 1.57 bits per heavy atom. The molecule has 1 amide bonds. The van der Waals surface area contributed by atoms with Crippen LogP contribution in [0.5, 0.6) is 0 Å². The number of amides is 1. The molecule has 0 N–H and O–H groups in total. The minimum atomic E-state index is 0.0548. The molecule has 0 unspecified atom stereocenters. The predicted octanol–water partition coefficient (Wildman–Crippen LogP) is 2.91. The highest BCUT2D eigenvalue weighted by Gasteiger charge is 2.32. The third-order valence-corrected chi connectivity index (χ3v) is 4.84. The van der Waals surface area contributed by atoms with Gasteiger partial charge in [-0.1, -0.05) is 12.1 Å². The number of nitrogens with zero attached hydrogens (tertiary/aromatic N) is 3. The van der Waals surface area contributed by atoms with Crippen LogP contribution in [0.2, 0.25) is 0 Å². The van der Waals surface area contributed by atoms with Crippen LogP contribution in [0.3, 0.4) is 0 Å². The van der Waals surface area contributed by atoms with Gasteiger partial charge in [-0.05, 0) is 26.2 Å². The van der Waals surface area contributed by atoms with Crippen LogP contribution in [0, 0.1) is 6.92 Å². The third-order valence-electron chi connectivity index (χ3n) is 3.79. The molecule has 0 aliphatic carbocycles. The molecule has 0 bridgehead atoms. The van der Waals surface area contributed by atoms with Crippen molar-refractivity contribution in [3.63, 3.8) is 0 Å². The zero-order valence-electron chi connectivity index (χ0n) is 12.3. The lowest BCUT2D eigenvalue weighted by atomic mass is 10.1. The molecule has 0 saturated carbocycles. The van der Waals surface area contributed by atoms with Gasteiger partial charge in [-0.15, -0.1) is 11.3 Å². The number of aryl methyl sites for hydroxylation is 2. The van der Waals surface area contributed by atoms with Crippen LogP contribution in [0.1, 0.15) is 48.0 Å². The summed E-state index contributed by atoms with van der Waals surface area (Å²) < 4.78 is 5.14. The second kappa shape index (κ2) is 5.97. The number of carbonyl (C=O) groups excluding carboxylic acids is 1. The molecule has 5 nitrogen and oxygen atoms in total. The molecule has 2 aromatic heterocycles. The van der Waals surface area contributed by atoms with Gasteiger partial charge in [0.1, 0.15) is 11.5 Å². The molecule has 1 aliphatic rings. The smallest absolute Gasteiger partial charge is 0.229 e. The fourth-order valence-electron chi connectivity index (χ4n) is 2.76. The van der Waals surface area contributed by atoms with Crippen molar-refractivity contribution < 1.29 is 9.32 Å². The number of likely N-dealkylation sites (tertiary alicyclic amines) is 1. The van der Waals surface area contributed by atoms with Crippen molar-refractivity contribution in [3.05, 3.63) is 33.6 Å². The zero-order chi connectivity index (χ0) is 14.8. The Bertz CT molecular complexity index is 634. The minimum absolute atomic E-state index is 0.0548. The number of thiazole rings is 1. The molecule has 2 aromatic rings. The lowest BCUT2D eigenvalue weighted by Crippen LogP contribution is -2.32. The summed E-state index contributed by atoms with van der Waals surface area (Å²) in [5.74, 6) is 0.919. The second-order valence-corrected chi connectivity index (χ2v) is 6.31. The summed E-state index contributed by atoms with van der Waals surface area (Å²) >= 11 is 1.63. The first kappa shape index (κ1) is 14.3. The Kier molecular flexibility index (Phi) is 4.05. The molecule has 1 aliphatic heterocycles. The molecular weight excluding hydrogens is 286 g/mol. The lowest BCUT2D eigenvalue weighted by Gasteiger charge is -2.22. The van der Waals surface area contributed by atoms with Gasteiger partial charge < -0.3 is 9.42 Å². The molecule has 1 saturated heterocycles. The standard InChI is InChI=1S/C15H19N3O2S/c1-3-14-16-11(9-21-14)8-15(19)18-6-4-5-13(18)12-7-10(2)20-17-12/h7,9,13H,3-6,8H2,1-2H3/t13-/m1/s1. The van der Waals surface area contributed by atoms with Gasteiger partial charge in [0.25, 0.3) is 0 Å². The maximum absolute atomic E-state index is 12.5. The number of hydrogen-bond donors (Lipinski definition) is 0. The van der Waals surface area contributed by atoms with Crippen LogP contribution in [-0.2, 0) is 17.6 Å². The first-order valence-electron chi connectivity index (χ1n) is 7.33. The Labute approximate surface area is 128 Å². The molecule has 1 atom stereocenters. The second-order valence-electron chi connectivity index (χ2n) is 5.37. The first-order chi connectivity index (χ1) is 10.2. The highest BCUT2D eigenvalue weighted by Crippen LogP contribution is 2.32. The molecule has 112 valence electrons. The van der Waals surface area contributed by atoms with E-state index >= 15 is 0 Å². The number of carbonyl (C=O) groups is 1.